The highest BCUT2D eigenvalue weighted by atomic mass is 19.1. The van der Waals surface area contributed by atoms with Crippen molar-refractivity contribution in [2.24, 2.45) is 5.41 Å². The van der Waals surface area contributed by atoms with Gasteiger partial charge in [-0.1, -0.05) is 32.9 Å². The number of amides is 2. The van der Waals surface area contributed by atoms with Gasteiger partial charge in [0.2, 0.25) is 11.8 Å². The zero-order valence-corrected chi connectivity index (χ0v) is 20.3. The first-order valence-corrected chi connectivity index (χ1v) is 10.9. The summed E-state index contributed by atoms with van der Waals surface area (Å²) in [5, 5.41) is 14.3. The minimum Gasteiger partial charge on any atom is -0.481 e. The van der Waals surface area contributed by atoms with Crippen LogP contribution in [0.25, 0.3) is 0 Å². The molecule has 1 aromatic carbocycles. The second kappa shape index (κ2) is 11.2. The standard InChI is InChI=1S/C24H35FN2O6/c1-14(2)33-21(31)17(12-13-18(28)29)26-20(30)19(23(3,4)5)27-22(32)24(6,7)15-8-10-16(25)11-9-15/h8-11,14,17,19H,12-13H2,1-7H3,(H,26,30)(H,27,32)(H,28,29)/t17-,19-/m1/s1. The van der Waals surface area contributed by atoms with Crippen LogP contribution < -0.4 is 10.6 Å². The lowest BCUT2D eigenvalue weighted by Crippen LogP contribution is -2.59. The van der Waals surface area contributed by atoms with Gasteiger partial charge in [-0.25, -0.2) is 9.18 Å². The molecule has 2 atom stereocenters. The quantitative estimate of drug-likeness (QED) is 0.456. The molecular weight excluding hydrogens is 431 g/mol. The highest BCUT2D eigenvalue weighted by Gasteiger charge is 2.39. The second-order valence-electron chi connectivity index (χ2n) is 9.88. The van der Waals surface area contributed by atoms with E-state index in [1.165, 1.54) is 24.3 Å². The molecule has 3 N–H and O–H groups in total. The summed E-state index contributed by atoms with van der Waals surface area (Å²) in [6.07, 6.45) is -0.947. The second-order valence-corrected chi connectivity index (χ2v) is 9.88. The zero-order valence-electron chi connectivity index (χ0n) is 20.3. The number of rotatable bonds is 10. The normalized spacial score (nSPS) is 13.7. The van der Waals surface area contributed by atoms with E-state index in [0.29, 0.717) is 5.56 Å². The molecule has 0 unspecified atom stereocenters. The summed E-state index contributed by atoms with van der Waals surface area (Å²) < 4.78 is 18.4. The van der Waals surface area contributed by atoms with Crippen molar-refractivity contribution in [3.8, 4) is 0 Å². The Morgan fingerprint density at radius 3 is 2.00 bits per heavy atom. The Morgan fingerprint density at radius 1 is 1.00 bits per heavy atom. The van der Waals surface area contributed by atoms with Crippen LogP contribution in [0.1, 0.15) is 66.9 Å². The lowest BCUT2D eigenvalue weighted by Gasteiger charge is -2.34. The van der Waals surface area contributed by atoms with Crippen LogP contribution in [0.3, 0.4) is 0 Å². The molecule has 1 rings (SSSR count). The fraction of sp³-hybridized carbons (Fsp3) is 0.583. The van der Waals surface area contributed by atoms with Crippen molar-refractivity contribution < 1.29 is 33.4 Å². The number of aliphatic carboxylic acids is 1. The number of carbonyl (C=O) groups excluding carboxylic acids is 3. The van der Waals surface area contributed by atoms with E-state index < -0.39 is 58.6 Å². The molecule has 0 saturated carbocycles. The van der Waals surface area contributed by atoms with E-state index in [1.54, 1.807) is 48.5 Å². The summed E-state index contributed by atoms with van der Waals surface area (Å²) in [4.78, 5) is 49.7. The number of carbonyl (C=O) groups is 4. The molecule has 9 heteroatoms. The summed E-state index contributed by atoms with van der Waals surface area (Å²) in [7, 11) is 0. The van der Waals surface area contributed by atoms with E-state index in [4.69, 9.17) is 9.84 Å². The van der Waals surface area contributed by atoms with Crippen LogP contribution >= 0.6 is 0 Å². The fourth-order valence-electron chi connectivity index (χ4n) is 3.07. The molecule has 2 amide bonds. The maximum Gasteiger partial charge on any atom is 0.328 e. The number of nitrogens with one attached hydrogen (secondary N) is 2. The molecule has 0 bridgehead atoms. The Balaban J connectivity index is 3.11. The van der Waals surface area contributed by atoms with Gasteiger partial charge in [0.15, 0.2) is 0 Å². The van der Waals surface area contributed by atoms with Crippen LogP contribution in [0, 0.1) is 11.2 Å². The summed E-state index contributed by atoms with van der Waals surface area (Å²) in [6, 6.07) is 3.31. The molecule has 8 nitrogen and oxygen atoms in total. The van der Waals surface area contributed by atoms with E-state index in [9.17, 15) is 23.6 Å². The van der Waals surface area contributed by atoms with Gasteiger partial charge in [0.1, 0.15) is 17.9 Å². The molecule has 0 radical (unpaired) electrons. The number of halogens is 1. The minimum atomic E-state index is -1.18. The molecular formula is C24H35FN2O6. The number of ether oxygens (including phenoxy) is 1. The van der Waals surface area contributed by atoms with Crippen LogP contribution in [0.4, 0.5) is 4.39 Å². The molecule has 0 heterocycles. The summed E-state index contributed by atoms with van der Waals surface area (Å²) in [6.45, 7) is 11.8. The third kappa shape index (κ3) is 8.47. The summed E-state index contributed by atoms with van der Waals surface area (Å²) >= 11 is 0. The van der Waals surface area contributed by atoms with Gasteiger partial charge in [0.05, 0.1) is 11.5 Å². The summed E-state index contributed by atoms with van der Waals surface area (Å²) in [5.41, 5.74) is -1.25. The van der Waals surface area contributed by atoms with Crippen molar-refractivity contribution in [1.82, 2.24) is 10.6 Å². The molecule has 0 aromatic heterocycles. The number of hydrogen-bond donors (Lipinski definition) is 3. The average molecular weight is 467 g/mol. The topological polar surface area (TPSA) is 122 Å². The van der Waals surface area contributed by atoms with Crippen molar-refractivity contribution in [2.75, 3.05) is 0 Å². The Morgan fingerprint density at radius 2 is 1.55 bits per heavy atom. The predicted molar refractivity (Wildman–Crippen MR) is 121 cm³/mol. The van der Waals surface area contributed by atoms with E-state index >= 15 is 0 Å². The molecule has 184 valence electrons. The number of carboxylic acids is 1. The summed E-state index contributed by atoms with van der Waals surface area (Å²) in [5.74, 6) is -3.39. The van der Waals surface area contributed by atoms with Crippen LogP contribution in [-0.4, -0.2) is 47.0 Å². The van der Waals surface area contributed by atoms with Crippen LogP contribution in [0.2, 0.25) is 0 Å². The third-order valence-electron chi connectivity index (χ3n) is 5.14. The molecule has 0 aliphatic carbocycles. The van der Waals surface area contributed by atoms with E-state index in [2.05, 4.69) is 10.6 Å². The van der Waals surface area contributed by atoms with E-state index in [1.807, 2.05) is 0 Å². The lowest BCUT2D eigenvalue weighted by atomic mass is 9.81. The van der Waals surface area contributed by atoms with E-state index in [0.717, 1.165) is 0 Å². The van der Waals surface area contributed by atoms with E-state index in [-0.39, 0.29) is 12.8 Å². The van der Waals surface area contributed by atoms with Gasteiger partial charge in [-0.3, -0.25) is 14.4 Å². The maximum absolute atomic E-state index is 13.3. The number of hydrogen-bond acceptors (Lipinski definition) is 5. The van der Waals surface area contributed by atoms with Crippen molar-refractivity contribution in [1.29, 1.82) is 0 Å². The highest BCUT2D eigenvalue weighted by Crippen LogP contribution is 2.26. The van der Waals surface area contributed by atoms with Crippen molar-refractivity contribution in [3.05, 3.63) is 35.6 Å². The Hall–Kier alpha value is -2.97. The predicted octanol–water partition coefficient (Wildman–Crippen LogP) is 2.94. The first kappa shape index (κ1) is 28.1. The van der Waals surface area contributed by atoms with Gasteiger partial charge in [-0.15, -0.1) is 0 Å². The maximum atomic E-state index is 13.3. The molecule has 33 heavy (non-hydrogen) atoms. The Bertz CT molecular complexity index is 859. The molecule has 0 aliphatic rings. The van der Waals surface area contributed by atoms with Gasteiger partial charge < -0.3 is 20.5 Å². The Labute approximate surface area is 194 Å². The van der Waals surface area contributed by atoms with Gasteiger partial charge >= 0.3 is 11.9 Å². The highest BCUT2D eigenvalue weighted by molar-refractivity contribution is 5.94. The average Bonchev–Trinajstić information content (AvgIpc) is 2.67. The number of carboxylic acid groups (broad SMARTS) is 1. The molecule has 0 saturated heterocycles. The van der Waals surface area contributed by atoms with Gasteiger partial charge in [-0.05, 0) is 57.2 Å². The van der Waals surface area contributed by atoms with Gasteiger partial charge in [-0.2, -0.15) is 0 Å². The van der Waals surface area contributed by atoms with Crippen molar-refractivity contribution in [2.45, 2.75) is 84.9 Å². The first-order valence-electron chi connectivity index (χ1n) is 10.9. The first-order chi connectivity index (χ1) is 15.1. The van der Waals surface area contributed by atoms with Gasteiger partial charge in [0.25, 0.3) is 0 Å². The SMILES string of the molecule is CC(C)OC(=O)[C@@H](CCC(=O)O)NC(=O)[C@@H](NC(=O)C(C)(C)c1ccc(F)cc1)C(C)(C)C. The molecule has 1 aromatic rings. The Kier molecular flexibility index (Phi) is 9.57. The molecule has 0 fully saturated rings. The largest absolute Gasteiger partial charge is 0.481 e. The molecule has 0 spiro atoms. The minimum absolute atomic E-state index is 0.154. The monoisotopic (exact) mass is 466 g/mol. The van der Waals surface area contributed by atoms with Gasteiger partial charge in [0, 0.05) is 6.42 Å². The van der Waals surface area contributed by atoms with Crippen molar-refractivity contribution >= 4 is 23.8 Å². The van der Waals surface area contributed by atoms with Crippen LogP contribution in [0.15, 0.2) is 24.3 Å². The van der Waals surface area contributed by atoms with Crippen LogP contribution in [0.5, 0.6) is 0 Å². The number of benzene rings is 1. The smallest absolute Gasteiger partial charge is 0.328 e. The van der Waals surface area contributed by atoms with Crippen molar-refractivity contribution in [3.63, 3.8) is 0 Å². The fourth-order valence-corrected chi connectivity index (χ4v) is 3.07. The number of esters is 1. The zero-order chi connectivity index (χ0) is 25.6. The third-order valence-corrected chi connectivity index (χ3v) is 5.14. The lowest BCUT2D eigenvalue weighted by molar-refractivity contribution is -0.152. The van der Waals surface area contributed by atoms with Crippen LogP contribution in [-0.2, 0) is 29.3 Å². The molecule has 0 aliphatic heterocycles.